The second kappa shape index (κ2) is 6.56. The number of hydrogen-bond acceptors (Lipinski definition) is 3. The van der Waals surface area contributed by atoms with Crippen LogP contribution in [0.4, 0.5) is 0 Å². The number of ether oxygens (including phenoxy) is 2. The van der Waals surface area contributed by atoms with E-state index in [4.69, 9.17) is 9.47 Å². The van der Waals surface area contributed by atoms with Crippen LogP contribution in [0.5, 0.6) is 0 Å². The Morgan fingerprint density at radius 2 is 1.77 bits per heavy atom. The number of rotatable bonds is 0. The number of ketones is 1. The van der Waals surface area contributed by atoms with Crippen molar-refractivity contribution in [3.05, 3.63) is 0 Å². The van der Waals surface area contributed by atoms with Crippen molar-refractivity contribution in [2.75, 3.05) is 6.61 Å². The first-order valence-electron chi connectivity index (χ1n) is 13.1. The Hall–Kier alpha value is -0.410. The minimum Gasteiger partial charge on any atom is -0.349 e. The van der Waals surface area contributed by atoms with Gasteiger partial charge in [0.05, 0.1) is 12.7 Å². The van der Waals surface area contributed by atoms with Gasteiger partial charge in [0.15, 0.2) is 5.79 Å². The third-order valence-electron chi connectivity index (χ3n) is 11.7. The molecule has 4 aliphatic carbocycles. The number of carbonyl (C=O) groups is 1. The predicted octanol–water partition coefficient (Wildman–Crippen LogP) is 6.00. The summed E-state index contributed by atoms with van der Waals surface area (Å²) in [5.41, 5.74) is 0.820. The van der Waals surface area contributed by atoms with Gasteiger partial charge in [-0.2, -0.15) is 0 Å². The minimum atomic E-state index is -0.292. The Balaban J connectivity index is 1.26. The SMILES string of the molecule is CC1CC[C@@]2(OC1)OC1CC3C4CCC5CC(=O)CC[C@]5(C)C4CC[C@]3(C)C1[C@@H]2C. The Morgan fingerprint density at radius 1 is 0.933 bits per heavy atom. The van der Waals surface area contributed by atoms with Gasteiger partial charge in [-0.25, -0.2) is 0 Å². The van der Waals surface area contributed by atoms with E-state index in [0.717, 1.165) is 50.0 Å². The molecule has 2 saturated heterocycles. The molecule has 168 valence electrons. The van der Waals surface area contributed by atoms with Crippen molar-refractivity contribution in [3.63, 3.8) is 0 Å². The van der Waals surface area contributed by atoms with Crippen molar-refractivity contribution in [2.45, 2.75) is 104 Å². The first-order chi connectivity index (χ1) is 14.3. The summed E-state index contributed by atoms with van der Waals surface area (Å²) in [5.74, 6) is 5.23. The Kier molecular flexibility index (Phi) is 4.42. The van der Waals surface area contributed by atoms with Gasteiger partial charge in [-0.3, -0.25) is 4.79 Å². The summed E-state index contributed by atoms with van der Waals surface area (Å²) >= 11 is 0. The third kappa shape index (κ3) is 2.54. The van der Waals surface area contributed by atoms with Crippen molar-refractivity contribution < 1.29 is 14.3 Å². The average Bonchev–Trinajstić information content (AvgIpc) is 3.16. The number of carbonyl (C=O) groups excluding carboxylic acids is 1. The van der Waals surface area contributed by atoms with Crippen LogP contribution in [0, 0.1) is 52.3 Å². The van der Waals surface area contributed by atoms with Crippen molar-refractivity contribution in [1.82, 2.24) is 0 Å². The fourth-order valence-electron chi connectivity index (χ4n) is 10.1. The normalized spacial score (nSPS) is 60.1. The molecular formula is C27H42O3. The monoisotopic (exact) mass is 414 g/mol. The van der Waals surface area contributed by atoms with Crippen LogP contribution in [0.2, 0.25) is 0 Å². The van der Waals surface area contributed by atoms with Crippen molar-refractivity contribution in [2.24, 2.45) is 52.3 Å². The van der Waals surface area contributed by atoms with Gasteiger partial charge >= 0.3 is 0 Å². The lowest BCUT2D eigenvalue weighted by molar-refractivity contribution is -0.273. The molecule has 0 aromatic heterocycles. The molecule has 0 N–H and O–H groups in total. The van der Waals surface area contributed by atoms with Crippen LogP contribution in [-0.4, -0.2) is 24.3 Å². The zero-order valence-corrected chi connectivity index (χ0v) is 19.6. The molecule has 0 bridgehead atoms. The molecule has 6 rings (SSSR count). The molecule has 0 amide bonds. The zero-order valence-electron chi connectivity index (χ0n) is 19.6. The fourth-order valence-corrected chi connectivity index (χ4v) is 10.1. The van der Waals surface area contributed by atoms with E-state index in [1.165, 1.54) is 38.5 Å². The molecule has 0 radical (unpaired) electrons. The highest BCUT2D eigenvalue weighted by atomic mass is 16.7. The maximum atomic E-state index is 12.2. The van der Waals surface area contributed by atoms with Gasteiger partial charge in [0.1, 0.15) is 5.78 Å². The fraction of sp³-hybridized carbons (Fsp3) is 0.963. The molecule has 7 unspecified atom stereocenters. The lowest BCUT2D eigenvalue weighted by Crippen LogP contribution is -2.54. The van der Waals surface area contributed by atoms with Gasteiger partial charge in [-0.1, -0.05) is 27.7 Å². The van der Waals surface area contributed by atoms with E-state index >= 15 is 0 Å². The number of Topliss-reactive ketones (excluding diaryl/α,β-unsaturated/α-hetero) is 1. The van der Waals surface area contributed by atoms with Crippen LogP contribution >= 0.6 is 0 Å². The summed E-state index contributed by atoms with van der Waals surface area (Å²) < 4.78 is 13.4. The van der Waals surface area contributed by atoms with Crippen molar-refractivity contribution in [1.29, 1.82) is 0 Å². The summed E-state index contributed by atoms with van der Waals surface area (Å²) in [5, 5.41) is 0. The van der Waals surface area contributed by atoms with Crippen LogP contribution in [0.1, 0.15) is 91.9 Å². The topological polar surface area (TPSA) is 35.5 Å². The lowest BCUT2D eigenvalue weighted by atomic mass is 9.44. The maximum Gasteiger partial charge on any atom is 0.171 e. The van der Waals surface area contributed by atoms with Gasteiger partial charge in [-0.15, -0.1) is 0 Å². The molecule has 4 saturated carbocycles. The second-order valence-electron chi connectivity index (χ2n) is 12.9. The predicted molar refractivity (Wildman–Crippen MR) is 117 cm³/mol. The molecule has 3 nitrogen and oxygen atoms in total. The highest BCUT2D eigenvalue weighted by molar-refractivity contribution is 5.79. The van der Waals surface area contributed by atoms with Crippen LogP contribution < -0.4 is 0 Å². The summed E-state index contributed by atoms with van der Waals surface area (Å²) in [4.78, 5) is 12.2. The largest absolute Gasteiger partial charge is 0.349 e. The Labute approximate surface area is 183 Å². The summed E-state index contributed by atoms with van der Waals surface area (Å²) in [6, 6.07) is 0. The van der Waals surface area contributed by atoms with E-state index in [-0.39, 0.29) is 5.79 Å². The first kappa shape index (κ1) is 20.2. The molecular weight excluding hydrogens is 372 g/mol. The molecule has 6 fully saturated rings. The van der Waals surface area contributed by atoms with E-state index in [1.54, 1.807) is 0 Å². The zero-order chi connectivity index (χ0) is 20.9. The molecule has 3 heteroatoms. The van der Waals surface area contributed by atoms with Crippen LogP contribution in [0.25, 0.3) is 0 Å². The Bertz CT molecular complexity index is 724. The summed E-state index contributed by atoms with van der Waals surface area (Å²) in [6.45, 7) is 10.8. The van der Waals surface area contributed by atoms with E-state index in [2.05, 4.69) is 27.7 Å². The highest BCUT2D eigenvalue weighted by Crippen LogP contribution is 2.71. The van der Waals surface area contributed by atoms with Gasteiger partial charge in [0.2, 0.25) is 0 Å². The molecule has 0 aromatic carbocycles. The lowest BCUT2D eigenvalue weighted by Gasteiger charge is -2.60. The standard InChI is InChI=1S/C27H42O3/c1-16-7-12-27(29-15-16)17(2)24-23(30-27)14-22-20-6-5-18-13-19(28)8-10-25(18,3)21(20)9-11-26(22,24)4/h16-18,20-24H,5-15H2,1-4H3/t16?,17-,18?,20?,21?,22?,23?,24?,25-,26-,27+/m0/s1. The van der Waals surface area contributed by atoms with Gasteiger partial charge < -0.3 is 9.47 Å². The quantitative estimate of drug-likeness (QED) is 0.487. The smallest absolute Gasteiger partial charge is 0.171 e. The van der Waals surface area contributed by atoms with Crippen molar-refractivity contribution in [3.8, 4) is 0 Å². The third-order valence-corrected chi connectivity index (χ3v) is 11.7. The summed E-state index contributed by atoms with van der Waals surface area (Å²) in [6.07, 6.45) is 12.2. The molecule has 2 heterocycles. The van der Waals surface area contributed by atoms with Crippen LogP contribution in [0.15, 0.2) is 0 Å². The van der Waals surface area contributed by atoms with Gasteiger partial charge in [-0.05, 0) is 91.3 Å². The van der Waals surface area contributed by atoms with Crippen LogP contribution in [-0.2, 0) is 14.3 Å². The highest BCUT2D eigenvalue weighted by Gasteiger charge is 2.69. The van der Waals surface area contributed by atoms with Gasteiger partial charge in [0, 0.05) is 25.2 Å². The van der Waals surface area contributed by atoms with E-state index in [1.807, 2.05) is 0 Å². The number of hydrogen-bond donors (Lipinski definition) is 0. The minimum absolute atomic E-state index is 0.292. The van der Waals surface area contributed by atoms with E-state index in [9.17, 15) is 4.79 Å². The van der Waals surface area contributed by atoms with Crippen LogP contribution in [0.3, 0.4) is 0 Å². The van der Waals surface area contributed by atoms with E-state index < -0.39 is 0 Å². The van der Waals surface area contributed by atoms with Gasteiger partial charge in [0.25, 0.3) is 0 Å². The van der Waals surface area contributed by atoms with E-state index in [0.29, 0.717) is 46.4 Å². The van der Waals surface area contributed by atoms with Crippen molar-refractivity contribution >= 4 is 5.78 Å². The molecule has 11 atom stereocenters. The maximum absolute atomic E-state index is 12.2. The Morgan fingerprint density at radius 3 is 2.53 bits per heavy atom. The molecule has 1 spiro atoms. The molecule has 0 aromatic rings. The second-order valence-corrected chi connectivity index (χ2v) is 12.9. The summed E-state index contributed by atoms with van der Waals surface area (Å²) in [7, 11) is 0. The molecule has 6 aliphatic rings. The number of fused-ring (bicyclic) bond motifs is 7. The average molecular weight is 415 g/mol. The molecule has 30 heavy (non-hydrogen) atoms. The first-order valence-corrected chi connectivity index (χ1v) is 13.1. The molecule has 2 aliphatic heterocycles.